The van der Waals surface area contributed by atoms with Gasteiger partial charge in [-0.05, 0) is 191 Å². The largest absolute Gasteiger partial charge is 0.507 e. The van der Waals surface area contributed by atoms with Gasteiger partial charge in [0.2, 0.25) is 0 Å². The lowest BCUT2D eigenvalue weighted by Gasteiger charge is -2.25. The van der Waals surface area contributed by atoms with Gasteiger partial charge in [0.15, 0.2) is 0 Å². The van der Waals surface area contributed by atoms with Gasteiger partial charge in [-0.15, -0.1) is 0 Å². The highest BCUT2D eigenvalue weighted by atomic mass is 32.2. The number of phenolic OH excluding ortho intramolecular Hbond substituents is 2. The van der Waals surface area contributed by atoms with Gasteiger partial charge in [0, 0.05) is 63.5 Å². The van der Waals surface area contributed by atoms with Crippen LogP contribution in [-0.4, -0.2) is 166 Å². The first-order valence-electron chi connectivity index (χ1n) is 38.4. The second-order valence-corrected chi connectivity index (χ2v) is 35.3. The van der Waals surface area contributed by atoms with Crippen molar-refractivity contribution in [2.75, 3.05) is 72.5 Å². The summed E-state index contributed by atoms with van der Waals surface area (Å²) in [6.07, 6.45) is -32.2. The molecule has 120 heavy (non-hydrogen) atoms. The van der Waals surface area contributed by atoms with Crippen LogP contribution in [0.3, 0.4) is 0 Å². The maximum Gasteiger partial charge on any atom is 0.394 e. The van der Waals surface area contributed by atoms with E-state index < -0.39 is 161 Å². The van der Waals surface area contributed by atoms with Gasteiger partial charge in [-0.1, -0.05) is 61.7 Å². The molecule has 0 atom stereocenters. The zero-order valence-corrected chi connectivity index (χ0v) is 69.1. The van der Waals surface area contributed by atoms with E-state index in [1.807, 2.05) is 0 Å². The molecular formula is C82H98F26O8S4. The average molecular weight is 1830 g/mol. The second-order valence-electron chi connectivity index (χ2n) is 30.4. The highest BCUT2D eigenvalue weighted by Gasteiger charge is 2.53. The number of ether oxygens (including phenoxy) is 4. The maximum atomic E-state index is 14.9. The van der Waals surface area contributed by atoms with Crippen molar-refractivity contribution in [3.8, 4) is 23.0 Å². The number of benzene rings is 4. The quantitative estimate of drug-likeness (QED) is 0.0167. The number of aryl methyl sites for hydroxylation is 4. The van der Waals surface area contributed by atoms with Crippen LogP contribution in [0, 0.1) is 0 Å². The van der Waals surface area contributed by atoms with Crippen LogP contribution in [0.2, 0.25) is 0 Å². The minimum Gasteiger partial charge on any atom is -0.507 e. The van der Waals surface area contributed by atoms with Crippen molar-refractivity contribution in [2.45, 2.75) is 252 Å². The smallest absolute Gasteiger partial charge is 0.394 e. The molecule has 5 rings (SSSR count). The van der Waals surface area contributed by atoms with Crippen LogP contribution in [0.25, 0.3) is 0 Å². The SMILES string of the molecule is C=CC(=O)OCCOc1c2cc(CCCSCCCC(F)(F)CC(F)(F)CC(F)(F)F)cc1Cc1cc(CCCSCCC(F)(F)CC(F)(F)CC(C)(F)F)cc(c1O)Cc1cc(CCCSCCC(F)(F)CC(F)(F)CC(C)(F)F)cc(c1OCCOC(=O)C=C)Cc1cc(CCCSCCCC(F)(F)CC(F)(F)CC(F)(F)F)cc(c1O)C2. The molecule has 8 nitrogen and oxygen atoms in total. The highest BCUT2D eigenvalue weighted by Crippen LogP contribution is 2.47. The molecule has 0 aromatic heterocycles. The van der Waals surface area contributed by atoms with E-state index in [-0.39, 0.29) is 221 Å². The summed E-state index contributed by atoms with van der Waals surface area (Å²) in [4.78, 5) is 24.8. The van der Waals surface area contributed by atoms with E-state index in [0.29, 0.717) is 44.5 Å². The standard InChI is InChI=1S/C82H98F26O8S4/c1-5-65(109)113-21-23-115-69-61-37-55(15-8-26-118-30-12-18-74(89,90)48-80(101,102)52-82(106,107)108)38-62(69)43-59-35-54(14-9-27-119-31-19-75(91,92)49-77(95,96)45-71(3,83)84)36-60(68(59)112)44-64-40-56(16-10-28-120-32-20-76(93,94)50-78(97,98)46-72(4,85)86)39-63(70(64)116-24-22-114-66(110)6-2)42-58-34-53(33-57(41-61)67(58)111)13-7-25-117-29-11-17-73(87,88)47-79(99,100)51-81(103,104)105/h5-6,33-40,111-112H,1-2,7-32,41-52H2,3-4H3. The topological polar surface area (TPSA) is 112 Å². The molecule has 0 amide bonds. The molecule has 0 unspecified atom stereocenters. The van der Waals surface area contributed by atoms with Gasteiger partial charge in [0.1, 0.15) is 62.3 Å². The first kappa shape index (κ1) is 105. The Kier molecular flexibility index (Phi) is 39.9. The lowest BCUT2D eigenvalue weighted by Crippen LogP contribution is -2.34. The van der Waals surface area contributed by atoms with Gasteiger partial charge < -0.3 is 29.2 Å². The van der Waals surface area contributed by atoms with Gasteiger partial charge >= 0.3 is 24.3 Å². The number of aromatic hydroxyl groups is 2. The highest BCUT2D eigenvalue weighted by molar-refractivity contribution is 7.99. The van der Waals surface area contributed by atoms with Crippen molar-refractivity contribution in [3.05, 3.63) is 141 Å². The molecule has 0 radical (unpaired) electrons. The summed E-state index contributed by atoms with van der Waals surface area (Å²) in [5, 5.41) is 25.7. The third kappa shape index (κ3) is 41.7. The molecule has 0 saturated carbocycles. The van der Waals surface area contributed by atoms with E-state index in [9.17, 15) is 134 Å². The summed E-state index contributed by atoms with van der Waals surface area (Å²) in [7, 11) is 0. The number of phenols is 2. The van der Waals surface area contributed by atoms with Crippen LogP contribution in [0.5, 0.6) is 23.0 Å². The van der Waals surface area contributed by atoms with Crippen molar-refractivity contribution in [1.82, 2.24) is 0 Å². The molecule has 1 aliphatic rings. The molecule has 1 aliphatic carbocycles. The molecule has 38 heteroatoms. The Labute approximate surface area is 697 Å². The first-order chi connectivity index (χ1) is 55.3. The Morgan fingerprint density at radius 3 is 0.808 bits per heavy atom. The third-order valence-corrected chi connectivity index (χ3v) is 22.7. The van der Waals surface area contributed by atoms with Gasteiger partial charge in [-0.2, -0.15) is 73.4 Å². The number of hydrogen-bond acceptors (Lipinski definition) is 12. The molecule has 0 aliphatic heterocycles. The number of fused-ring (bicyclic) bond motifs is 8. The average Bonchev–Trinajstić information content (AvgIpc) is 0.774. The lowest BCUT2D eigenvalue weighted by molar-refractivity contribution is -0.208. The molecule has 2 N–H and O–H groups in total. The summed E-state index contributed by atoms with van der Waals surface area (Å²) in [5.74, 6) is -44.7. The fourth-order valence-electron chi connectivity index (χ4n) is 13.7. The first-order valence-corrected chi connectivity index (χ1v) is 43.0. The van der Waals surface area contributed by atoms with Crippen LogP contribution >= 0.6 is 47.0 Å². The van der Waals surface area contributed by atoms with Gasteiger partial charge in [0.25, 0.3) is 59.2 Å². The Morgan fingerprint density at radius 1 is 0.325 bits per heavy atom. The third-order valence-electron chi connectivity index (χ3n) is 18.3. The molecular weight excluding hydrogens is 1740 g/mol. The van der Waals surface area contributed by atoms with Crippen LogP contribution in [-0.2, 0) is 70.4 Å². The summed E-state index contributed by atoms with van der Waals surface area (Å²) >= 11 is 4.18. The fourth-order valence-corrected chi connectivity index (χ4v) is 17.5. The number of hydrogen-bond donors (Lipinski definition) is 2. The van der Waals surface area contributed by atoms with Crippen molar-refractivity contribution in [2.24, 2.45) is 0 Å². The summed E-state index contributed by atoms with van der Waals surface area (Å²) in [6, 6.07) is 13.3. The minimum absolute atomic E-state index is 0.0318. The Morgan fingerprint density at radius 2 is 0.558 bits per heavy atom. The Bertz CT molecular complexity index is 3920. The van der Waals surface area contributed by atoms with Crippen molar-refractivity contribution < 1.29 is 153 Å². The van der Waals surface area contributed by atoms with Crippen LogP contribution < -0.4 is 9.47 Å². The number of halogens is 26. The lowest BCUT2D eigenvalue weighted by atomic mass is 9.87. The maximum absolute atomic E-state index is 14.9. The van der Waals surface area contributed by atoms with Crippen molar-refractivity contribution >= 4 is 59.0 Å². The van der Waals surface area contributed by atoms with E-state index in [0.717, 1.165) is 59.2 Å². The number of rotatable bonds is 54. The summed E-state index contributed by atoms with van der Waals surface area (Å²) in [6.45, 7) is 5.70. The molecule has 4 aromatic rings. The van der Waals surface area contributed by atoms with Crippen LogP contribution in [0.4, 0.5) is 114 Å². The normalized spacial score (nSPS) is 13.8. The number of carbonyl (C=O) groups excluding carboxylic acids is 2. The zero-order valence-electron chi connectivity index (χ0n) is 65.9. The Balaban J connectivity index is 1.69. The fraction of sp³-hybridized carbons (Fsp3) is 0.634. The Hall–Kier alpha value is -5.92. The second kappa shape index (κ2) is 45.8. The predicted octanol–water partition coefficient (Wildman–Crippen LogP) is 25.6. The predicted molar refractivity (Wildman–Crippen MR) is 414 cm³/mol. The summed E-state index contributed by atoms with van der Waals surface area (Å²) < 4.78 is 386. The van der Waals surface area contributed by atoms with Gasteiger partial charge in [-0.25, -0.2) is 97.4 Å². The van der Waals surface area contributed by atoms with E-state index in [1.165, 1.54) is 0 Å². The van der Waals surface area contributed by atoms with Crippen LogP contribution in [0.1, 0.15) is 196 Å². The summed E-state index contributed by atoms with van der Waals surface area (Å²) in [5.41, 5.74) is 4.21. The molecule has 680 valence electrons. The number of thioether (sulfide) groups is 4. The molecule has 0 fully saturated rings. The minimum atomic E-state index is -5.41. The molecule has 4 aromatic carbocycles. The molecule has 0 spiro atoms. The number of carbonyl (C=O) groups is 2. The molecule has 0 heterocycles. The van der Waals surface area contributed by atoms with Crippen molar-refractivity contribution in [1.29, 1.82) is 0 Å². The van der Waals surface area contributed by atoms with Gasteiger partial charge in [0.05, 0.1) is 38.5 Å². The van der Waals surface area contributed by atoms with Crippen molar-refractivity contribution in [3.63, 3.8) is 0 Å². The number of alkyl halides is 26. The van der Waals surface area contributed by atoms with Gasteiger partial charge in [-0.3, -0.25) is 0 Å². The monoisotopic (exact) mass is 1830 g/mol. The zero-order chi connectivity index (χ0) is 90.0. The van der Waals surface area contributed by atoms with E-state index >= 15 is 0 Å². The van der Waals surface area contributed by atoms with E-state index in [1.54, 1.807) is 48.5 Å². The van der Waals surface area contributed by atoms with Crippen LogP contribution in [0.15, 0.2) is 73.8 Å². The van der Waals surface area contributed by atoms with E-state index in [2.05, 4.69) is 13.2 Å². The molecule has 8 bridgehead atoms. The number of esters is 2. The molecule has 0 saturated heterocycles. The van der Waals surface area contributed by atoms with E-state index in [4.69, 9.17) is 18.9 Å².